The molecule has 1 aromatic heterocycles. The number of aromatic nitrogens is 2. The zero-order chi connectivity index (χ0) is 13.8. The SMILES string of the molecule is CC(C)n1cc(C(=O)C=Cc2cccc(O)c2)cn1. The van der Waals surface area contributed by atoms with Crippen molar-refractivity contribution in [1.29, 1.82) is 0 Å². The van der Waals surface area contributed by atoms with Gasteiger partial charge in [0.05, 0.1) is 11.8 Å². The lowest BCUT2D eigenvalue weighted by molar-refractivity contribution is 0.104. The average Bonchev–Trinajstić information content (AvgIpc) is 2.86. The molecule has 0 aliphatic heterocycles. The van der Waals surface area contributed by atoms with E-state index in [9.17, 15) is 9.90 Å². The first-order valence-electron chi connectivity index (χ1n) is 6.12. The van der Waals surface area contributed by atoms with Crippen molar-refractivity contribution in [2.75, 3.05) is 0 Å². The van der Waals surface area contributed by atoms with Crippen LogP contribution in [0, 0.1) is 0 Å². The molecule has 0 aliphatic carbocycles. The van der Waals surface area contributed by atoms with E-state index < -0.39 is 0 Å². The summed E-state index contributed by atoms with van der Waals surface area (Å²) in [6.07, 6.45) is 6.46. The first-order valence-corrected chi connectivity index (χ1v) is 6.12. The minimum Gasteiger partial charge on any atom is -0.508 e. The molecule has 0 fully saturated rings. The van der Waals surface area contributed by atoms with Gasteiger partial charge in [0, 0.05) is 12.2 Å². The summed E-state index contributed by atoms with van der Waals surface area (Å²) in [5, 5.41) is 13.5. The Morgan fingerprint density at radius 3 is 2.84 bits per heavy atom. The topological polar surface area (TPSA) is 55.1 Å². The molecule has 0 saturated carbocycles. The second-order valence-corrected chi connectivity index (χ2v) is 4.60. The summed E-state index contributed by atoms with van der Waals surface area (Å²) in [4.78, 5) is 11.9. The van der Waals surface area contributed by atoms with Crippen molar-refractivity contribution in [2.24, 2.45) is 0 Å². The molecule has 98 valence electrons. The monoisotopic (exact) mass is 256 g/mol. The van der Waals surface area contributed by atoms with Crippen LogP contribution >= 0.6 is 0 Å². The molecule has 1 heterocycles. The molecule has 0 radical (unpaired) electrons. The van der Waals surface area contributed by atoms with Gasteiger partial charge in [-0.1, -0.05) is 18.2 Å². The van der Waals surface area contributed by atoms with E-state index >= 15 is 0 Å². The molecule has 4 heteroatoms. The van der Waals surface area contributed by atoms with E-state index in [1.54, 1.807) is 41.4 Å². The summed E-state index contributed by atoms with van der Waals surface area (Å²) in [7, 11) is 0. The summed E-state index contributed by atoms with van der Waals surface area (Å²) >= 11 is 0. The predicted molar refractivity (Wildman–Crippen MR) is 74.1 cm³/mol. The molecule has 0 amide bonds. The van der Waals surface area contributed by atoms with Crippen LogP contribution in [0.15, 0.2) is 42.7 Å². The molecule has 0 saturated heterocycles. The van der Waals surface area contributed by atoms with Gasteiger partial charge in [0.1, 0.15) is 5.75 Å². The molecular formula is C15H16N2O2. The van der Waals surface area contributed by atoms with Crippen LogP contribution in [0.1, 0.15) is 35.8 Å². The number of benzene rings is 1. The van der Waals surface area contributed by atoms with Crippen molar-refractivity contribution in [3.63, 3.8) is 0 Å². The van der Waals surface area contributed by atoms with Crippen molar-refractivity contribution < 1.29 is 9.90 Å². The van der Waals surface area contributed by atoms with E-state index in [1.165, 1.54) is 6.08 Å². The number of carbonyl (C=O) groups excluding carboxylic acids is 1. The highest BCUT2D eigenvalue weighted by Gasteiger charge is 2.06. The summed E-state index contributed by atoms with van der Waals surface area (Å²) in [6.45, 7) is 4.01. The van der Waals surface area contributed by atoms with Gasteiger partial charge in [-0.3, -0.25) is 9.48 Å². The van der Waals surface area contributed by atoms with Crippen LogP contribution in [0.3, 0.4) is 0 Å². The Morgan fingerprint density at radius 1 is 1.42 bits per heavy atom. The lowest BCUT2D eigenvalue weighted by atomic mass is 10.1. The number of carbonyl (C=O) groups is 1. The van der Waals surface area contributed by atoms with Gasteiger partial charge in [-0.05, 0) is 37.6 Å². The highest BCUT2D eigenvalue weighted by Crippen LogP contribution is 2.13. The Bertz CT molecular complexity index is 612. The number of aromatic hydroxyl groups is 1. The number of ketones is 1. The molecule has 19 heavy (non-hydrogen) atoms. The fraction of sp³-hybridized carbons (Fsp3) is 0.200. The van der Waals surface area contributed by atoms with Crippen LogP contribution in [0.2, 0.25) is 0 Å². The Balaban J connectivity index is 2.12. The maximum Gasteiger partial charge on any atom is 0.189 e. The molecule has 1 N–H and O–H groups in total. The van der Waals surface area contributed by atoms with E-state index in [-0.39, 0.29) is 17.6 Å². The smallest absolute Gasteiger partial charge is 0.189 e. The number of allylic oxidation sites excluding steroid dienone is 1. The molecule has 0 unspecified atom stereocenters. The zero-order valence-corrected chi connectivity index (χ0v) is 10.9. The minimum absolute atomic E-state index is 0.102. The highest BCUT2D eigenvalue weighted by molar-refractivity contribution is 6.06. The number of hydrogen-bond donors (Lipinski definition) is 1. The molecule has 0 aliphatic rings. The molecule has 1 aromatic carbocycles. The fourth-order valence-electron chi connectivity index (χ4n) is 1.64. The summed E-state index contributed by atoms with van der Waals surface area (Å²) in [5.41, 5.74) is 1.34. The molecule has 2 aromatic rings. The standard InChI is InChI=1S/C15H16N2O2/c1-11(2)17-10-13(9-16-17)15(19)7-6-12-4-3-5-14(18)8-12/h3-11,18H,1-2H3. The van der Waals surface area contributed by atoms with Gasteiger partial charge in [-0.2, -0.15) is 5.10 Å². The van der Waals surface area contributed by atoms with Gasteiger partial charge in [0.15, 0.2) is 5.78 Å². The van der Waals surface area contributed by atoms with Crippen LogP contribution < -0.4 is 0 Å². The van der Waals surface area contributed by atoms with Crippen LogP contribution in [0.5, 0.6) is 5.75 Å². The van der Waals surface area contributed by atoms with E-state index in [1.807, 2.05) is 19.9 Å². The quantitative estimate of drug-likeness (QED) is 0.675. The summed E-state index contributed by atoms with van der Waals surface area (Å²) < 4.78 is 1.75. The maximum absolute atomic E-state index is 11.9. The third-order valence-electron chi connectivity index (χ3n) is 2.71. The number of nitrogens with zero attached hydrogens (tertiary/aromatic N) is 2. The maximum atomic E-state index is 11.9. The van der Waals surface area contributed by atoms with Gasteiger partial charge in [-0.15, -0.1) is 0 Å². The lowest BCUT2D eigenvalue weighted by Gasteiger charge is -2.02. The Kier molecular flexibility index (Phi) is 3.80. The second-order valence-electron chi connectivity index (χ2n) is 4.60. The largest absolute Gasteiger partial charge is 0.508 e. The van der Waals surface area contributed by atoms with E-state index in [0.29, 0.717) is 5.56 Å². The number of hydrogen-bond acceptors (Lipinski definition) is 3. The number of rotatable bonds is 4. The van der Waals surface area contributed by atoms with Crippen molar-refractivity contribution >= 4 is 11.9 Å². The molecule has 2 rings (SSSR count). The van der Waals surface area contributed by atoms with Crippen molar-refractivity contribution in [1.82, 2.24) is 9.78 Å². The van der Waals surface area contributed by atoms with Gasteiger partial charge in [0.2, 0.25) is 0 Å². The predicted octanol–water partition coefficient (Wildman–Crippen LogP) is 3.07. The van der Waals surface area contributed by atoms with Gasteiger partial charge < -0.3 is 5.11 Å². The molecule has 0 spiro atoms. The number of phenolic OH excluding ortho intramolecular Hbond substituents is 1. The fourth-order valence-corrected chi connectivity index (χ4v) is 1.64. The number of phenols is 1. The highest BCUT2D eigenvalue weighted by atomic mass is 16.3. The molecule has 4 nitrogen and oxygen atoms in total. The van der Waals surface area contributed by atoms with Crippen LogP contribution in [0.4, 0.5) is 0 Å². The van der Waals surface area contributed by atoms with Crippen LogP contribution in [0.25, 0.3) is 6.08 Å². The lowest BCUT2D eigenvalue weighted by Crippen LogP contribution is -2.00. The van der Waals surface area contributed by atoms with Crippen molar-refractivity contribution in [3.05, 3.63) is 53.9 Å². The van der Waals surface area contributed by atoms with Crippen LogP contribution in [-0.2, 0) is 0 Å². The van der Waals surface area contributed by atoms with Crippen molar-refractivity contribution in [3.8, 4) is 5.75 Å². The average molecular weight is 256 g/mol. The second kappa shape index (κ2) is 5.52. The Labute approximate surface area is 112 Å². The van der Waals surface area contributed by atoms with Crippen molar-refractivity contribution in [2.45, 2.75) is 19.9 Å². The van der Waals surface area contributed by atoms with Gasteiger partial charge >= 0.3 is 0 Å². The molecule has 0 bridgehead atoms. The first kappa shape index (κ1) is 13.1. The Morgan fingerprint density at radius 2 is 2.21 bits per heavy atom. The zero-order valence-electron chi connectivity index (χ0n) is 10.9. The molecular weight excluding hydrogens is 240 g/mol. The minimum atomic E-state index is -0.102. The van der Waals surface area contributed by atoms with E-state index in [0.717, 1.165) is 5.56 Å². The first-order chi connectivity index (χ1) is 9.06. The van der Waals surface area contributed by atoms with Crippen LogP contribution in [-0.4, -0.2) is 20.7 Å². The summed E-state index contributed by atoms with van der Waals surface area (Å²) in [5.74, 6) is 0.0810. The summed E-state index contributed by atoms with van der Waals surface area (Å²) in [6, 6.07) is 6.97. The Hall–Kier alpha value is -2.36. The normalized spacial score (nSPS) is 11.3. The van der Waals surface area contributed by atoms with Gasteiger partial charge in [0.25, 0.3) is 0 Å². The van der Waals surface area contributed by atoms with E-state index in [2.05, 4.69) is 5.10 Å². The third kappa shape index (κ3) is 3.31. The molecule has 0 atom stereocenters. The third-order valence-corrected chi connectivity index (χ3v) is 2.71. The van der Waals surface area contributed by atoms with Gasteiger partial charge in [-0.25, -0.2) is 0 Å². The van der Waals surface area contributed by atoms with E-state index in [4.69, 9.17) is 0 Å².